The summed E-state index contributed by atoms with van der Waals surface area (Å²) in [4.78, 5) is 4.62. The highest BCUT2D eigenvalue weighted by atomic mass is 15.1. The van der Waals surface area contributed by atoms with Crippen LogP contribution in [-0.4, -0.2) is 0 Å². The van der Waals surface area contributed by atoms with E-state index >= 15 is 0 Å². The van der Waals surface area contributed by atoms with E-state index in [0.717, 1.165) is 34.1 Å². The normalized spacial score (nSPS) is 11.3. The van der Waals surface area contributed by atoms with Gasteiger partial charge in [-0.05, 0) is 153 Å². The van der Waals surface area contributed by atoms with Crippen molar-refractivity contribution in [3.63, 3.8) is 0 Å². The molecule has 0 aliphatic rings. The Hall–Kier alpha value is -8.98. The van der Waals surface area contributed by atoms with Crippen LogP contribution < -0.4 is 9.80 Å². The zero-order valence-electron chi connectivity index (χ0n) is 38.7. The second-order valence-electron chi connectivity index (χ2n) is 17.1. The van der Waals surface area contributed by atoms with Crippen molar-refractivity contribution in [2.24, 2.45) is 0 Å². The van der Waals surface area contributed by atoms with Gasteiger partial charge in [-0.1, -0.05) is 213 Å². The Morgan fingerprint density at radius 1 is 0.290 bits per heavy atom. The molecular formula is C67H52N2. The summed E-state index contributed by atoms with van der Waals surface area (Å²) in [6.45, 7) is 5.90. The summed E-state index contributed by atoms with van der Waals surface area (Å²) < 4.78 is 0. The molecule has 0 unspecified atom stereocenters. The Morgan fingerprint density at radius 2 is 0.565 bits per heavy atom. The molecule has 0 atom stereocenters. The Balaban J connectivity index is 0.831. The van der Waals surface area contributed by atoms with Crippen LogP contribution in [0.4, 0.5) is 34.1 Å². The average Bonchev–Trinajstić information content (AvgIpc) is 3.43. The van der Waals surface area contributed by atoms with Crippen LogP contribution in [0.15, 0.2) is 292 Å². The molecule has 10 aromatic carbocycles. The minimum absolute atomic E-state index is 1.10. The molecule has 0 spiro atoms. The first kappa shape index (κ1) is 43.9. The highest BCUT2D eigenvalue weighted by molar-refractivity contribution is 5.83. The number of nitrogens with zero attached hydrogens (tertiary/aromatic N) is 2. The maximum atomic E-state index is 3.77. The van der Waals surface area contributed by atoms with Gasteiger partial charge in [-0.2, -0.15) is 0 Å². The van der Waals surface area contributed by atoms with E-state index in [1.807, 2.05) is 12.2 Å². The minimum atomic E-state index is 1.10. The number of hydrogen-bond acceptors (Lipinski definition) is 2. The van der Waals surface area contributed by atoms with Crippen LogP contribution >= 0.6 is 0 Å². The van der Waals surface area contributed by atoms with Gasteiger partial charge in [0.05, 0.1) is 0 Å². The van der Waals surface area contributed by atoms with Crippen LogP contribution in [0.3, 0.4) is 0 Å². The molecule has 0 bridgehead atoms. The average molecular weight is 885 g/mol. The Kier molecular flexibility index (Phi) is 13.2. The summed E-state index contributed by atoms with van der Waals surface area (Å²) in [5, 5.41) is 0. The summed E-state index contributed by atoms with van der Waals surface area (Å²) in [6.07, 6.45) is 7.87. The lowest BCUT2D eigenvalue weighted by Gasteiger charge is -2.26. The van der Waals surface area contributed by atoms with Crippen LogP contribution in [0.5, 0.6) is 0 Å². The van der Waals surface area contributed by atoms with Crippen LogP contribution in [0.2, 0.25) is 0 Å². The molecule has 10 rings (SSSR count). The molecule has 0 saturated carbocycles. The lowest BCUT2D eigenvalue weighted by Crippen LogP contribution is -2.09. The molecule has 0 radical (unpaired) electrons. The van der Waals surface area contributed by atoms with Crippen molar-refractivity contribution in [3.8, 4) is 55.6 Å². The van der Waals surface area contributed by atoms with E-state index in [1.54, 1.807) is 6.08 Å². The molecule has 0 amide bonds. The highest BCUT2D eigenvalue weighted by Gasteiger charge is 2.15. The SMILES string of the molecule is C=C/C=C\C=C(/C)c1ccc(N(c2ccccc2)c2ccc(-c3ccc(-c4cccc(-c5ccc(-c6ccc(N(c7ccccc7)c7ccc(-c8ccccc8)cc7)cc6)cc5)c4)cc3)cc2)cc1. The lowest BCUT2D eigenvalue weighted by molar-refractivity contribution is 1.28. The fraction of sp³-hybridized carbons (Fsp3) is 0.0149. The maximum Gasteiger partial charge on any atom is 0.0462 e. The second kappa shape index (κ2) is 20.7. The standard InChI is InChI=1S/C67H52N2/c1-3-4-8-16-50(2)51-33-41-64(42-34-51)68(62-21-11-6-12-22-62)66-45-37-56(38-46-66)53-25-29-58(30-26-53)60-19-15-20-61(49-60)59-31-27-54(28-32-59)57-39-47-67(48-40-57)69(63-23-13-7-14-24-63)65-43-35-55(36-44-65)52-17-9-5-10-18-52/h3-49H,1H2,2H3/b8-4-,50-16+. The number of benzene rings is 10. The fourth-order valence-electron chi connectivity index (χ4n) is 8.92. The quantitative estimate of drug-likeness (QED) is 0.100. The minimum Gasteiger partial charge on any atom is -0.311 e. The van der Waals surface area contributed by atoms with E-state index < -0.39 is 0 Å². The van der Waals surface area contributed by atoms with E-state index in [1.165, 1.54) is 66.8 Å². The summed E-state index contributed by atoms with van der Waals surface area (Å²) in [5.41, 5.74) is 20.9. The number of rotatable bonds is 14. The van der Waals surface area contributed by atoms with Crippen molar-refractivity contribution in [2.75, 3.05) is 9.80 Å². The fourth-order valence-corrected chi connectivity index (χ4v) is 8.92. The Labute approximate surface area is 407 Å². The highest BCUT2D eigenvalue weighted by Crippen LogP contribution is 2.39. The molecule has 2 heteroatoms. The van der Waals surface area contributed by atoms with Gasteiger partial charge in [-0.15, -0.1) is 0 Å². The maximum absolute atomic E-state index is 3.77. The summed E-state index contributed by atoms with van der Waals surface area (Å²) in [7, 11) is 0. The van der Waals surface area contributed by atoms with Crippen molar-refractivity contribution < 1.29 is 0 Å². The second-order valence-corrected chi connectivity index (χ2v) is 17.1. The van der Waals surface area contributed by atoms with Crippen LogP contribution in [-0.2, 0) is 0 Å². The van der Waals surface area contributed by atoms with Gasteiger partial charge in [-0.25, -0.2) is 0 Å². The van der Waals surface area contributed by atoms with Crippen molar-refractivity contribution in [1.29, 1.82) is 0 Å². The number of allylic oxidation sites excluding steroid dienone is 5. The first-order valence-electron chi connectivity index (χ1n) is 23.5. The monoisotopic (exact) mass is 884 g/mol. The topological polar surface area (TPSA) is 6.48 Å². The van der Waals surface area contributed by atoms with Gasteiger partial charge in [0.2, 0.25) is 0 Å². The molecule has 10 aromatic rings. The number of hydrogen-bond donors (Lipinski definition) is 0. The summed E-state index contributed by atoms with van der Waals surface area (Å²) in [5.74, 6) is 0. The van der Waals surface area contributed by atoms with E-state index in [0.29, 0.717) is 0 Å². The third kappa shape index (κ3) is 10.1. The molecule has 0 aliphatic heterocycles. The van der Waals surface area contributed by atoms with E-state index in [2.05, 4.69) is 290 Å². The molecule has 0 N–H and O–H groups in total. The molecule has 0 saturated heterocycles. The Morgan fingerprint density at radius 3 is 0.928 bits per heavy atom. The van der Waals surface area contributed by atoms with E-state index in [4.69, 9.17) is 0 Å². The molecule has 69 heavy (non-hydrogen) atoms. The third-order valence-corrected chi connectivity index (χ3v) is 12.7. The molecule has 0 fully saturated rings. The van der Waals surface area contributed by atoms with Gasteiger partial charge in [0.1, 0.15) is 0 Å². The molecule has 0 aromatic heterocycles. The number of para-hydroxylation sites is 2. The predicted molar refractivity (Wildman–Crippen MR) is 296 cm³/mol. The Bertz CT molecular complexity index is 3320. The molecule has 2 nitrogen and oxygen atoms in total. The first-order chi connectivity index (χ1) is 34.1. The van der Waals surface area contributed by atoms with Gasteiger partial charge >= 0.3 is 0 Å². The largest absolute Gasteiger partial charge is 0.311 e. The lowest BCUT2D eigenvalue weighted by atomic mass is 9.96. The van der Waals surface area contributed by atoms with Crippen molar-refractivity contribution in [1.82, 2.24) is 0 Å². The predicted octanol–water partition coefficient (Wildman–Crippen LogP) is 19.1. The van der Waals surface area contributed by atoms with Gasteiger partial charge in [0.15, 0.2) is 0 Å². The van der Waals surface area contributed by atoms with Crippen LogP contribution in [0.25, 0.3) is 61.2 Å². The zero-order valence-corrected chi connectivity index (χ0v) is 38.7. The van der Waals surface area contributed by atoms with Crippen LogP contribution in [0, 0.1) is 0 Å². The van der Waals surface area contributed by atoms with Crippen molar-refractivity contribution >= 4 is 39.7 Å². The summed E-state index contributed by atoms with van der Waals surface area (Å²) in [6, 6.07) is 93.7. The van der Waals surface area contributed by atoms with Gasteiger partial charge in [0, 0.05) is 34.1 Å². The summed E-state index contributed by atoms with van der Waals surface area (Å²) >= 11 is 0. The van der Waals surface area contributed by atoms with Crippen molar-refractivity contribution in [2.45, 2.75) is 6.92 Å². The molecule has 330 valence electrons. The molecule has 0 aliphatic carbocycles. The molecular weight excluding hydrogens is 833 g/mol. The van der Waals surface area contributed by atoms with Gasteiger partial charge in [-0.3, -0.25) is 0 Å². The van der Waals surface area contributed by atoms with Gasteiger partial charge < -0.3 is 9.80 Å². The smallest absolute Gasteiger partial charge is 0.0462 e. The van der Waals surface area contributed by atoms with E-state index in [9.17, 15) is 0 Å². The number of anilines is 6. The van der Waals surface area contributed by atoms with Crippen LogP contribution in [0.1, 0.15) is 12.5 Å². The van der Waals surface area contributed by atoms with E-state index in [-0.39, 0.29) is 0 Å². The van der Waals surface area contributed by atoms with Gasteiger partial charge in [0.25, 0.3) is 0 Å². The van der Waals surface area contributed by atoms with Crippen molar-refractivity contribution in [3.05, 3.63) is 297 Å². The third-order valence-electron chi connectivity index (χ3n) is 12.7. The first-order valence-corrected chi connectivity index (χ1v) is 23.5. The molecule has 0 heterocycles. The zero-order chi connectivity index (χ0) is 46.8.